The van der Waals surface area contributed by atoms with Crippen LogP contribution in [-0.4, -0.2) is 39.9 Å². The highest BCUT2D eigenvalue weighted by molar-refractivity contribution is 6.07. The third-order valence-electron chi connectivity index (χ3n) is 16.0. The van der Waals surface area contributed by atoms with Crippen molar-refractivity contribution in [2.75, 3.05) is 9.80 Å². The smallest absolute Gasteiger partial charge is 0.238 e. The molecule has 1 aliphatic heterocycles. The van der Waals surface area contributed by atoms with Gasteiger partial charge >= 0.3 is 0 Å². The summed E-state index contributed by atoms with van der Waals surface area (Å²) in [7, 11) is 0. The number of aromatic nitrogens is 8. The van der Waals surface area contributed by atoms with Gasteiger partial charge in [0.25, 0.3) is 0 Å². The first-order valence-electron chi connectivity index (χ1n) is 29.8. The molecule has 0 unspecified atom stereocenters. The number of nitrogens with zero attached hydrogens (tertiary/aromatic N) is 10. The Kier molecular flexibility index (Phi) is 14.2. The Morgan fingerprint density at radius 1 is 0.239 bits per heavy atom. The van der Waals surface area contributed by atoms with Crippen LogP contribution in [0.15, 0.2) is 267 Å². The van der Waals surface area contributed by atoms with E-state index in [2.05, 4.69) is 209 Å². The predicted octanol–water partition coefficient (Wildman–Crippen LogP) is 19.7. The summed E-state index contributed by atoms with van der Waals surface area (Å²) < 4.78 is 0. The van der Waals surface area contributed by atoms with Crippen LogP contribution in [0, 0.1) is 0 Å². The Morgan fingerprint density at radius 3 is 0.920 bits per heavy atom. The van der Waals surface area contributed by atoms with E-state index in [1.807, 2.05) is 109 Å². The van der Waals surface area contributed by atoms with Gasteiger partial charge in [-0.15, -0.1) is 0 Å². The molecule has 14 rings (SSSR count). The second-order valence-electron chi connectivity index (χ2n) is 24.1. The maximum atomic E-state index is 5.59. The molecule has 13 aromatic rings. The Morgan fingerprint density at radius 2 is 0.545 bits per heavy atom. The molecule has 0 spiro atoms. The SMILES string of the molecule is CC(C)(C)c1cc(-c2cc(-c3nc(-c4ccccc4)cc(-c4ccccc4)n3)cc(-c3nc(-c4ccccc4)nc(-c4ccccc4)n3)c2N2c3ccccc3N(c3nc(-c4ccccc4)nc(-c4ccccc4)n3)c3ccccc32)cc(C(C)(C)C)c1. The van der Waals surface area contributed by atoms with Crippen LogP contribution >= 0.6 is 0 Å². The maximum Gasteiger partial charge on any atom is 0.238 e. The molecule has 0 amide bonds. The van der Waals surface area contributed by atoms with Crippen molar-refractivity contribution in [2.24, 2.45) is 0 Å². The van der Waals surface area contributed by atoms with Crippen molar-refractivity contribution in [2.45, 2.75) is 52.4 Å². The third-order valence-corrected chi connectivity index (χ3v) is 16.0. The first-order valence-corrected chi connectivity index (χ1v) is 29.8. The van der Waals surface area contributed by atoms with Crippen LogP contribution in [0.25, 0.3) is 102 Å². The zero-order valence-corrected chi connectivity index (χ0v) is 49.9. The highest BCUT2D eigenvalue weighted by Gasteiger charge is 2.37. The van der Waals surface area contributed by atoms with Crippen molar-refractivity contribution in [3.05, 3.63) is 278 Å². The average Bonchev–Trinajstić information content (AvgIpc) is 0.900. The van der Waals surface area contributed by atoms with Crippen LogP contribution in [0.4, 0.5) is 34.4 Å². The summed E-state index contributed by atoms with van der Waals surface area (Å²) in [5.74, 6) is 3.66. The fourth-order valence-corrected chi connectivity index (χ4v) is 11.4. The molecule has 0 saturated carbocycles. The van der Waals surface area contributed by atoms with Gasteiger partial charge in [-0.2, -0.15) is 9.97 Å². The summed E-state index contributed by atoms with van der Waals surface area (Å²) in [5.41, 5.74) is 16.6. The largest absolute Gasteiger partial charge is 0.305 e. The van der Waals surface area contributed by atoms with Gasteiger partial charge in [0.2, 0.25) is 5.95 Å². The van der Waals surface area contributed by atoms with Gasteiger partial charge in [-0.25, -0.2) is 29.9 Å². The zero-order valence-electron chi connectivity index (χ0n) is 49.9. The fraction of sp³-hybridized carbons (Fsp3) is 0.103. The number of hydrogen-bond acceptors (Lipinski definition) is 10. The standard InChI is InChI=1S/C78H62N10/c1-77(2,3)59-45-57(46-60(49-59)78(4,5)6)61-47-58(74-79-63(51-29-13-7-14-30-51)50-64(80-74)52-31-15-8-16-32-52)48-62(75-83-70(53-33-17-9-18-34-53)81-71(84-75)54-35-19-10-20-36-54)69(61)87-65-41-25-27-43-67(65)88(68-44-28-26-42-66(68)87)76-85-72(55-37-21-11-22-38-55)82-73(86-76)56-39-23-12-24-40-56/h7-50H,1-6H3. The Balaban J connectivity index is 1.12. The van der Waals surface area contributed by atoms with Crippen molar-refractivity contribution >= 4 is 34.4 Å². The fourth-order valence-electron chi connectivity index (χ4n) is 11.4. The molecular formula is C78H62N10. The topological polar surface area (TPSA) is 110 Å². The first-order chi connectivity index (χ1) is 42.9. The van der Waals surface area contributed by atoms with Crippen LogP contribution in [0.2, 0.25) is 0 Å². The molecule has 3 aromatic heterocycles. The molecule has 0 N–H and O–H groups in total. The number of rotatable bonds is 11. The second kappa shape index (κ2) is 22.7. The maximum absolute atomic E-state index is 5.59. The predicted molar refractivity (Wildman–Crippen MR) is 358 cm³/mol. The molecule has 1 aliphatic rings. The van der Waals surface area contributed by atoms with Gasteiger partial charge in [0, 0.05) is 50.1 Å². The summed E-state index contributed by atoms with van der Waals surface area (Å²) in [6.07, 6.45) is 0. The minimum Gasteiger partial charge on any atom is -0.305 e. The number of para-hydroxylation sites is 4. The number of benzene rings is 10. The molecule has 0 atom stereocenters. The molecule has 0 radical (unpaired) electrons. The van der Waals surface area contributed by atoms with Gasteiger partial charge < -0.3 is 4.90 Å². The van der Waals surface area contributed by atoms with Crippen LogP contribution in [-0.2, 0) is 10.8 Å². The van der Waals surface area contributed by atoms with Gasteiger partial charge in [-0.1, -0.05) is 266 Å². The highest BCUT2D eigenvalue weighted by Crippen LogP contribution is 2.58. The van der Waals surface area contributed by atoms with Crippen LogP contribution < -0.4 is 9.80 Å². The monoisotopic (exact) mass is 1140 g/mol. The van der Waals surface area contributed by atoms with E-state index in [1.165, 1.54) is 11.1 Å². The lowest BCUT2D eigenvalue weighted by atomic mass is 9.78. The van der Waals surface area contributed by atoms with Crippen molar-refractivity contribution in [1.29, 1.82) is 0 Å². The molecule has 4 heterocycles. The van der Waals surface area contributed by atoms with Gasteiger partial charge in [0.05, 0.1) is 39.8 Å². The summed E-state index contributed by atoms with van der Waals surface area (Å²) >= 11 is 0. The molecule has 0 saturated heterocycles. The summed E-state index contributed by atoms with van der Waals surface area (Å²) in [6.45, 7) is 13.7. The average molecular weight is 1140 g/mol. The van der Waals surface area contributed by atoms with Crippen molar-refractivity contribution < 1.29 is 0 Å². The highest BCUT2D eigenvalue weighted by atomic mass is 15.3. The van der Waals surface area contributed by atoms with E-state index in [1.54, 1.807) is 0 Å². The Labute approximate surface area is 513 Å². The quantitative estimate of drug-likeness (QED) is 0.124. The molecule has 10 heteroatoms. The summed E-state index contributed by atoms with van der Waals surface area (Å²) in [6, 6.07) is 91.9. The van der Waals surface area contributed by atoms with E-state index in [-0.39, 0.29) is 10.8 Å². The van der Waals surface area contributed by atoms with Gasteiger partial charge in [-0.3, -0.25) is 4.90 Å². The van der Waals surface area contributed by atoms with E-state index >= 15 is 0 Å². The molecule has 0 fully saturated rings. The number of hydrogen-bond donors (Lipinski definition) is 0. The van der Waals surface area contributed by atoms with E-state index in [9.17, 15) is 0 Å². The van der Waals surface area contributed by atoms with Gasteiger partial charge in [0.1, 0.15) is 0 Å². The van der Waals surface area contributed by atoms with Gasteiger partial charge in [-0.05, 0) is 70.0 Å². The lowest BCUT2D eigenvalue weighted by molar-refractivity contribution is 0.569. The summed E-state index contributed by atoms with van der Waals surface area (Å²) in [5, 5.41) is 0. The number of fused-ring (bicyclic) bond motifs is 2. The second-order valence-corrected chi connectivity index (χ2v) is 24.1. The summed E-state index contributed by atoms with van der Waals surface area (Å²) in [4.78, 5) is 47.9. The van der Waals surface area contributed by atoms with Crippen LogP contribution in [0.1, 0.15) is 52.7 Å². The third kappa shape index (κ3) is 10.8. The van der Waals surface area contributed by atoms with E-state index in [0.29, 0.717) is 40.9 Å². The lowest BCUT2D eigenvalue weighted by Crippen LogP contribution is -2.26. The Hall–Kier alpha value is -11.1. The lowest BCUT2D eigenvalue weighted by Gasteiger charge is -2.40. The zero-order chi connectivity index (χ0) is 59.9. The van der Waals surface area contributed by atoms with E-state index in [4.69, 9.17) is 39.9 Å². The molecule has 10 nitrogen and oxygen atoms in total. The van der Waals surface area contributed by atoms with Crippen molar-refractivity contribution in [3.63, 3.8) is 0 Å². The first kappa shape index (κ1) is 54.8. The van der Waals surface area contributed by atoms with Crippen molar-refractivity contribution in [1.82, 2.24) is 39.9 Å². The van der Waals surface area contributed by atoms with E-state index < -0.39 is 0 Å². The minimum absolute atomic E-state index is 0.232. The molecule has 424 valence electrons. The van der Waals surface area contributed by atoms with E-state index in [0.717, 1.165) is 95.5 Å². The molecular weight excluding hydrogens is 1080 g/mol. The molecule has 10 aromatic carbocycles. The molecule has 88 heavy (non-hydrogen) atoms. The van der Waals surface area contributed by atoms with Gasteiger partial charge in [0.15, 0.2) is 34.9 Å². The van der Waals surface area contributed by atoms with Crippen molar-refractivity contribution in [3.8, 4) is 102 Å². The molecule has 0 aliphatic carbocycles. The Bertz CT molecular complexity index is 4430. The molecule has 0 bridgehead atoms. The number of anilines is 6. The van der Waals surface area contributed by atoms with Crippen LogP contribution in [0.3, 0.4) is 0 Å². The minimum atomic E-state index is -0.232. The normalized spacial score (nSPS) is 12.2. The van der Waals surface area contributed by atoms with Crippen LogP contribution in [0.5, 0.6) is 0 Å².